The molecular weight excluding hydrogens is 380 g/mol. The number of pyridine rings is 1. The quantitative estimate of drug-likeness (QED) is 0.497. The summed E-state index contributed by atoms with van der Waals surface area (Å²) in [6, 6.07) is 15.4. The molecule has 0 radical (unpaired) electrons. The highest BCUT2D eigenvalue weighted by molar-refractivity contribution is 6.03. The number of fused-ring (bicyclic) bond motifs is 4. The molecule has 148 valence electrons. The van der Waals surface area contributed by atoms with Gasteiger partial charge in [0.15, 0.2) is 0 Å². The zero-order chi connectivity index (χ0) is 20.8. The van der Waals surface area contributed by atoms with E-state index in [1.165, 1.54) is 10.9 Å². The van der Waals surface area contributed by atoms with Gasteiger partial charge in [-0.15, -0.1) is 0 Å². The molecule has 5 aromatic rings. The second kappa shape index (κ2) is 6.81. The van der Waals surface area contributed by atoms with Gasteiger partial charge in [-0.1, -0.05) is 36.4 Å². The second-order valence-corrected chi connectivity index (χ2v) is 7.29. The van der Waals surface area contributed by atoms with Gasteiger partial charge in [0.25, 0.3) is 5.56 Å². The Kier molecular flexibility index (Phi) is 4.10. The zero-order valence-electron chi connectivity index (χ0n) is 16.5. The van der Waals surface area contributed by atoms with Gasteiger partial charge < -0.3 is 9.73 Å². The number of furan rings is 1. The van der Waals surface area contributed by atoms with Gasteiger partial charge in [0.1, 0.15) is 12.1 Å². The third-order valence-corrected chi connectivity index (χ3v) is 5.12. The fourth-order valence-corrected chi connectivity index (χ4v) is 3.79. The first kappa shape index (κ1) is 18.1. The van der Waals surface area contributed by atoms with Gasteiger partial charge in [0.2, 0.25) is 17.2 Å². The number of carbonyl (C=O) groups excluding carboxylic acids is 1. The van der Waals surface area contributed by atoms with E-state index in [1.54, 1.807) is 0 Å². The predicted molar refractivity (Wildman–Crippen MR) is 116 cm³/mol. The van der Waals surface area contributed by atoms with Crippen molar-refractivity contribution in [3.05, 3.63) is 76.5 Å². The fourth-order valence-electron chi connectivity index (χ4n) is 3.79. The van der Waals surface area contributed by atoms with E-state index in [9.17, 15) is 9.59 Å². The average molecular weight is 398 g/mol. The van der Waals surface area contributed by atoms with Crippen molar-refractivity contribution in [2.75, 3.05) is 5.32 Å². The SMILES string of the molecule is Cc1cc(C)c2c(n1)oc1c(=O)n(CC(=O)Nc3cccc4ccccc34)cnc12. The van der Waals surface area contributed by atoms with E-state index in [4.69, 9.17) is 4.42 Å². The van der Waals surface area contributed by atoms with E-state index in [0.717, 1.165) is 27.4 Å². The summed E-state index contributed by atoms with van der Waals surface area (Å²) in [5, 5.41) is 5.56. The molecule has 2 aromatic carbocycles. The van der Waals surface area contributed by atoms with E-state index in [0.29, 0.717) is 16.9 Å². The average Bonchev–Trinajstić information content (AvgIpc) is 3.10. The lowest BCUT2D eigenvalue weighted by atomic mass is 10.1. The highest BCUT2D eigenvalue weighted by Gasteiger charge is 2.17. The Labute approximate surface area is 171 Å². The lowest BCUT2D eigenvalue weighted by molar-refractivity contribution is -0.116. The van der Waals surface area contributed by atoms with E-state index in [1.807, 2.05) is 62.4 Å². The molecule has 1 N–H and O–H groups in total. The number of nitrogens with one attached hydrogen (secondary N) is 1. The van der Waals surface area contributed by atoms with Crippen molar-refractivity contribution in [1.82, 2.24) is 14.5 Å². The minimum absolute atomic E-state index is 0.103. The van der Waals surface area contributed by atoms with Crippen molar-refractivity contribution in [3.63, 3.8) is 0 Å². The van der Waals surface area contributed by atoms with Crippen molar-refractivity contribution in [3.8, 4) is 0 Å². The molecule has 3 aromatic heterocycles. The molecular formula is C23H18N4O3. The molecule has 0 bridgehead atoms. The summed E-state index contributed by atoms with van der Waals surface area (Å²) in [5.41, 5.74) is 2.97. The lowest BCUT2D eigenvalue weighted by Gasteiger charge is -2.09. The van der Waals surface area contributed by atoms with Crippen LogP contribution in [-0.2, 0) is 11.3 Å². The number of benzene rings is 2. The van der Waals surface area contributed by atoms with Crippen LogP contribution in [0.1, 0.15) is 11.3 Å². The number of aromatic nitrogens is 3. The smallest absolute Gasteiger partial charge is 0.297 e. The Balaban J connectivity index is 1.50. The Bertz CT molecular complexity index is 1510. The van der Waals surface area contributed by atoms with Crippen molar-refractivity contribution in [2.24, 2.45) is 0 Å². The van der Waals surface area contributed by atoms with Gasteiger partial charge in [-0.2, -0.15) is 0 Å². The number of hydrogen-bond donors (Lipinski definition) is 1. The zero-order valence-corrected chi connectivity index (χ0v) is 16.5. The highest BCUT2D eigenvalue weighted by atomic mass is 16.3. The van der Waals surface area contributed by atoms with Crippen LogP contribution < -0.4 is 10.9 Å². The Hall–Kier alpha value is -4.00. The van der Waals surface area contributed by atoms with E-state index < -0.39 is 5.56 Å². The summed E-state index contributed by atoms with van der Waals surface area (Å²) in [5.74, 6) is -0.323. The first-order valence-corrected chi connectivity index (χ1v) is 9.55. The van der Waals surface area contributed by atoms with Crippen LogP contribution in [0.2, 0.25) is 0 Å². The van der Waals surface area contributed by atoms with Crippen LogP contribution in [0.15, 0.2) is 64.1 Å². The Morgan fingerprint density at radius 1 is 1.13 bits per heavy atom. The third kappa shape index (κ3) is 2.91. The standard InChI is InChI=1S/C23H18N4O3/c1-13-10-14(2)25-22-19(13)20-21(30-22)23(29)27(12-24-20)11-18(28)26-17-9-5-7-15-6-3-4-8-16(15)17/h3-10,12H,11H2,1-2H3,(H,26,28). The van der Waals surface area contributed by atoms with Crippen molar-refractivity contribution in [1.29, 1.82) is 0 Å². The number of nitrogens with zero attached hydrogens (tertiary/aromatic N) is 3. The number of aryl methyl sites for hydroxylation is 2. The predicted octanol–water partition coefficient (Wildman–Crippen LogP) is 3.95. The molecule has 0 spiro atoms. The van der Waals surface area contributed by atoms with Crippen LogP contribution in [0, 0.1) is 13.8 Å². The van der Waals surface area contributed by atoms with Crippen molar-refractivity contribution < 1.29 is 9.21 Å². The number of carbonyl (C=O) groups is 1. The molecule has 0 saturated carbocycles. The molecule has 0 aliphatic carbocycles. The number of rotatable bonds is 3. The van der Waals surface area contributed by atoms with Gasteiger partial charge in [0, 0.05) is 16.8 Å². The van der Waals surface area contributed by atoms with Gasteiger partial charge in [0.05, 0.1) is 11.7 Å². The summed E-state index contributed by atoms with van der Waals surface area (Å²) in [6.07, 6.45) is 1.38. The Morgan fingerprint density at radius 3 is 2.80 bits per heavy atom. The molecule has 0 unspecified atom stereocenters. The molecule has 0 atom stereocenters. The third-order valence-electron chi connectivity index (χ3n) is 5.12. The van der Waals surface area contributed by atoms with Gasteiger partial charge >= 0.3 is 0 Å². The number of amides is 1. The maximum Gasteiger partial charge on any atom is 0.297 e. The first-order chi connectivity index (χ1) is 14.5. The molecule has 0 aliphatic heterocycles. The maximum atomic E-state index is 12.9. The van der Waals surface area contributed by atoms with E-state index in [2.05, 4.69) is 15.3 Å². The molecule has 0 aliphatic rings. The highest BCUT2D eigenvalue weighted by Crippen LogP contribution is 2.27. The molecule has 0 fully saturated rings. The van der Waals surface area contributed by atoms with Crippen molar-refractivity contribution in [2.45, 2.75) is 20.4 Å². The molecule has 0 saturated heterocycles. The Morgan fingerprint density at radius 2 is 1.93 bits per heavy atom. The fraction of sp³-hybridized carbons (Fsp3) is 0.130. The van der Waals surface area contributed by atoms with E-state index in [-0.39, 0.29) is 18.0 Å². The largest absolute Gasteiger partial charge is 0.430 e. The first-order valence-electron chi connectivity index (χ1n) is 9.55. The van der Waals surface area contributed by atoms with Crippen LogP contribution in [0.4, 0.5) is 5.69 Å². The number of anilines is 1. The molecule has 7 nitrogen and oxygen atoms in total. The number of hydrogen-bond acceptors (Lipinski definition) is 5. The maximum absolute atomic E-state index is 12.9. The molecule has 5 rings (SSSR count). The molecule has 1 amide bonds. The summed E-state index contributed by atoms with van der Waals surface area (Å²) in [4.78, 5) is 34.3. The minimum atomic E-state index is -0.414. The summed E-state index contributed by atoms with van der Waals surface area (Å²) in [7, 11) is 0. The van der Waals surface area contributed by atoms with E-state index >= 15 is 0 Å². The molecule has 30 heavy (non-hydrogen) atoms. The second-order valence-electron chi connectivity index (χ2n) is 7.29. The minimum Gasteiger partial charge on any atom is -0.430 e. The molecule has 3 heterocycles. The summed E-state index contributed by atoms with van der Waals surface area (Å²) < 4.78 is 6.95. The summed E-state index contributed by atoms with van der Waals surface area (Å²) >= 11 is 0. The molecule has 7 heteroatoms. The van der Waals surface area contributed by atoms with Gasteiger partial charge in [-0.3, -0.25) is 14.2 Å². The lowest BCUT2D eigenvalue weighted by Crippen LogP contribution is -2.27. The van der Waals surface area contributed by atoms with Crippen LogP contribution in [0.3, 0.4) is 0 Å². The normalized spacial score (nSPS) is 11.4. The van der Waals surface area contributed by atoms with Crippen LogP contribution >= 0.6 is 0 Å². The summed E-state index contributed by atoms with van der Waals surface area (Å²) in [6.45, 7) is 3.62. The van der Waals surface area contributed by atoms with Crippen molar-refractivity contribution >= 4 is 44.6 Å². The topological polar surface area (TPSA) is 90.0 Å². The van der Waals surface area contributed by atoms with Crippen LogP contribution in [0.5, 0.6) is 0 Å². The monoisotopic (exact) mass is 398 g/mol. The van der Waals surface area contributed by atoms with Crippen LogP contribution in [0.25, 0.3) is 33.0 Å². The van der Waals surface area contributed by atoms with Gasteiger partial charge in [-0.25, -0.2) is 9.97 Å². The van der Waals surface area contributed by atoms with Gasteiger partial charge in [-0.05, 0) is 36.9 Å². The van der Waals surface area contributed by atoms with Crippen LogP contribution in [-0.4, -0.2) is 20.4 Å².